The van der Waals surface area contributed by atoms with Gasteiger partial charge in [-0.2, -0.15) is 0 Å². The lowest BCUT2D eigenvalue weighted by atomic mass is 9.90. The van der Waals surface area contributed by atoms with Gasteiger partial charge in [-0.05, 0) is 56.7 Å². The average molecular weight is 794 g/mol. The lowest BCUT2D eigenvalue weighted by Gasteiger charge is -2.39. The van der Waals surface area contributed by atoms with Crippen molar-refractivity contribution >= 4 is 39.6 Å². The number of methoxy groups -OCH3 is 2. The fraction of sp³-hybridized carbons (Fsp3) is 0.737. The topological polar surface area (TPSA) is 205 Å². The zero-order valence-corrected chi connectivity index (χ0v) is 34.7. The molecule has 1 aliphatic heterocycles. The Morgan fingerprint density at radius 2 is 1.69 bits per heavy atom. The van der Waals surface area contributed by atoms with E-state index in [0.717, 1.165) is 0 Å². The van der Waals surface area contributed by atoms with Gasteiger partial charge in [0.2, 0.25) is 33.7 Å². The summed E-state index contributed by atoms with van der Waals surface area (Å²) >= 11 is 0. The number of nitrogens with zero attached hydrogens (tertiary/aromatic N) is 3. The number of likely N-dealkylation sites (N-methyl/N-ethyl adjacent to an activating group) is 2. The molecule has 1 saturated carbocycles. The summed E-state index contributed by atoms with van der Waals surface area (Å²) in [5.41, 5.74) is 0.490. The van der Waals surface area contributed by atoms with Gasteiger partial charge in [-0.1, -0.05) is 47.1 Å². The van der Waals surface area contributed by atoms with Crippen LogP contribution in [0.2, 0.25) is 0 Å². The molecule has 8 unspecified atom stereocenters. The van der Waals surface area contributed by atoms with E-state index in [2.05, 4.69) is 25.7 Å². The second kappa shape index (κ2) is 21.0. The van der Waals surface area contributed by atoms with E-state index in [0.29, 0.717) is 44.3 Å². The number of carbonyl (C=O) groups is 5. The number of pyridine rings is 1. The number of ether oxygens (including phenoxy) is 2. The predicted octanol–water partition coefficient (Wildman–Crippen LogP) is 0.998. The molecule has 1 saturated heterocycles. The summed E-state index contributed by atoms with van der Waals surface area (Å²) in [6.07, 6.45) is 2.91. The third-order valence-corrected chi connectivity index (χ3v) is 12.8. The van der Waals surface area contributed by atoms with Crippen molar-refractivity contribution < 1.29 is 41.9 Å². The smallest absolute Gasteiger partial charge is 0.256 e. The van der Waals surface area contributed by atoms with Gasteiger partial charge in [0.1, 0.15) is 6.04 Å². The molecule has 16 nitrogen and oxygen atoms in total. The summed E-state index contributed by atoms with van der Waals surface area (Å²) in [5, 5.41) is 7.81. The zero-order valence-electron chi connectivity index (χ0n) is 33.9. The minimum Gasteiger partial charge on any atom is -0.379 e. The van der Waals surface area contributed by atoms with E-state index in [1.54, 1.807) is 55.2 Å². The maximum Gasteiger partial charge on any atom is 0.256 e. The summed E-state index contributed by atoms with van der Waals surface area (Å²) in [4.78, 5) is 74.8. The first kappa shape index (κ1) is 45.7. The van der Waals surface area contributed by atoms with Crippen LogP contribution >= 0.6 is 0 Å². The van der Waals surface area contributed by atoms with Crippen LogP contribution in [-0.4, -0.2) is 136 Å². The van der Waals surface area contributed by atoms with Crippen molar-refractivity contribution in [2.75, 3.05) is 41.4 Å². The standard InChI is InChI=1S/C38H63N7O9S/c1-10-24(4)34(44(7)32(47)22-41-38(50)33(39-6)23(2)3)30(53-8)21-31(46)45-19-13-15-29(45)35(54-9)25(5)36(48)42-28(20-26-14-11-12-18-40-26)37(49)43-55(51,52)27-16-17-27/h11-12,14,18,23-25,27-30,33-35,39H,10,13,15-17,19-22H2,1-9H3,(H,41,50)(H,42,48)(H,43,49). The summed E-state index contributed by atoms with van der Waals surface area (Å²) in [5.74, 6) is -3.08. The molecule has 17 heteroatoms. The van der Waals surface area contributed by atoms with Crippen LogP contribution in [0.1, 0.15) is 78.8 Å². The van der Waals surface area contributed by atoms with Crippen LogP contribution in [-0.2, 0) is 49.9 Å². The van der Waals surface area contributed by atoms with Crippen LogP contribution in [0.25, 0.3) is 0 Å². The van der Waals surface area contributed by atoms with Crippen LogP contribution < -0.4 is 20.7 Å². The monoisotopic (exact) mass is 793 g/mol. The van der Waals surface area contributed by atoms with Gasteiger partial charge in [0, 0.05) is 46.1 Å². The number of carbonyl (C=O) groups excluding carboxylic acids is 5. The number of hydrogen-bond acceptors (Lipinski definition) is 11. The molecule has 0 spiro atoms. The van der Waals surface area contributed by atoms with Gasteiger partial charge in [-0.3, -0.25) is 33.7 Å². The molecule has 0 radical (unpaired) electrons. The van der Waals surface area contributed by atoms with Gasteiger partial charge in [-0.15, -0.1) is 0 Å². The molecule has 310 valence electrons. The molecule has 1 aromatic heterocycles. The van der Waals surface area contributed by atoms with E-state index in [9.17, 15) is 32.4 Å². The molecule has 1 aromatic rings. The summed E-state index contributed by atoms with van der Waals surface area (Å²) < 4.78 is 39.2. The Labute approximate surface area is 326 Å². The van der Waals surface area contributed by atoms with Crippen LogP contribution in [0, 0.1) is 17.8 Å². The van der Waals surface area contributed by atoms with Gasteiger partial charge in [-0.25, -0.2) is 8.42 Å². The molecule has 8 atom stereocenters. The Hall–Kier alpha value is -3.67. The highest BCUT2D eigenvalue weighted by Gasteiger charge is 2.43. The Kier molecular flexibility index (Phi) is 17.5. The number of amides is 5. The maximum absolute atomic E-state index is 14.1. The molecule has 2 fully saturated rings. The first-order chi connectivity index (χ1) is 26.0. The molecule has 2 aliphatic rings. The van der Waals surface area contributed by atoms with Crippen LogP contribution in [0.4, 0.5) is 0 Å². The molecular formula is C38H63N7O9S. The van der Waals surface area contributed by atoms with E-state index < -0.39 is 69.4 Å². The van der Waals surface area contributed by atoms with E-state index in [-0.39, 0.29) is 48.9 Å². The zero-order chi connectivity index (χ0) is 41.0. The first-order valence-electron chi connectivity index (χ1n) is 19.3. The fourth-order valence-corrected chi connectivity index (χ4v) is 8.75. The van der Waals surface area contributed by atoms with Crippen molar-refractivity contribution in [2.45, 2.75) is 121 Å². The highest BCUT2D eigenvalue weighted by molar-refractivity contribution is 7.90. The minimum atomic E-state index is -3.87. The van der Waals surface area contributed by atoms with Crippen molar-refractivity contribution in [3.63, 3.8) is 0 Å². The van der Waals surface area contributed by atoms with E-state index in [4.69, 9.17) is 9.47 Å². The second-order valence-electron chi connectivity index (χ2n) is 15.2. The number of aromatic nitrogens is 1. The Morgan fingerprint density at radius 1 is 1.00 bits per heavy atom. The van der Waals surface area contributed by atoms with Gasteiger partial charge in [0.15, 0.2) is 0 Å². The first-order valence-corrected chi connectivity index (χ1v) is 20.9. The number of hydrogen-bond donors (Lipinski definition) is 4. The molecule has 5 amide bonds. The molecular weight excluding hydrogens is 731 g/mol. The Morgan fingerprint density at radius 3 is 2.24 bits per heavy atom. The average Bonchev–Trinajstić information content (AvgIpc) is 3.92. The molecule has 0 aromatic carbocycles. The van der Waals surface area contributed by atoms with E-state index in [1.807, 2.05) is 27.7 Å². The summed E-state index contributed by atoms with van der Waals surface area (Å²) in [6.45, 7) is 9.68. The number of sulfonamides is 1. The normalized spacial score (nSPS) is 19.7. The van der Waals surface area contributed by atoms with Crippen LogP contribution in [0.5, 0.6) is 0 Å². The third kappa shape index (κ3) is 12.4. The molecule has 3 rings (SSSR count). The van der Waals surface area contributed by atoms with E-state index >= 15 is 0 Å². The Balaban J connectivity index is 1.74. The quantitative estimate of drug-likeness (QED) is 0.130. The lowest BCUT2D eigenvalue weighted by molar-refractivity contribution is -0.146. The summed E-state index contributed by atoms with van der Waals surface area (Å²) in [7, 11) is 2.45. The summed E-state index contributed by atoms with van der Waals surface area (Å²) in [6, 6.07) is 2.48. The van der Waals surface area contributed by atoms with Gasteiger partial charge in [0.25, 0.3) is 5.91 Å². The molecule has 2 heterocycles. The molecule has 55 heavy (non-hydrogen) atoms. The number of likely N-dealkylation sites (tertiary alicyclic amines) is 1. The van der Waals surface area contributed by atoms with Gasteiger partial charge >= 0.3 is 0 Å². The molecule has 1 aliphatic carbocycles. The van der Waals surface area contributed by atoms with Crippen molar-refractivity contribution in [2.24, 2.45) is 17.8 Å². The van der Waals surface area contributed by atoms with Crippen molar-refractivity contribution in [1.82, 2.24) is 35.5 Å². The largest absolute Gasteiger partial charge is 0.379 e. The SMILES string of the molecule is CCC(C)C(C(CC(=O)N1CCCC1C(OC)C(C)C(=O)NC(Cc1ccccn1)C(=O)NS(=O)(=O)C1CC1)OC)N(C)C(=O)CNC(=O)C(NC)C(C)C. The van der Waals surface area contributed by atoms with Crippen LogP contribution in [0.15, 0.2) is 24.4 Å². The van der Waals surface area contributed by atoms with Crippen LogP contribution in [0.3, 0.4) is 0 Å². The molecule has 0 bridgehead atoms. The Bertz CT molecular complexity index is 1560. The lowest BCUT2D eigenvalue weighted by Crippen LogP contribution is -2.56. The number of rotatable bonds is 22. The fourth-order valence-electron chi connectivity index (χ4n) is 7.40. The van der Waals surface area contributed by atoms with Gasteiger partial charge < -0.3 is 35.2 Å². The minimum absolute atomic E-state index is 0.0254. The second-order valence-corrected chi connectivity index (χ2v) is 17.1. The van der Waals surface area contributed by atoms with E-state index in [1.165, 1.54) is 14.2 Å². The highest BCUT2D eigenvalue weighted by Crippen LogP contribution is 2.30. The van der Waals surface area contributed by atoms with Crippen molar-refractivity contribution in [1.29, 1.82) is 0 Å². The maximum atomic E-state index is 14.1. The number of nitrogens with one attached hydrogen (secondary N) is 4. The third-order valence-electron chi connectivity index (χ3n) is 11.0. The van der Waals surface area contributed by atoms with Gasteiger partial charge in [0.05, 0.1) is 54.5 Å². The van der Waals surface area contributed by atoms with Crippen molar-refractivity contribution in [3.8, 4) is 0 Å². The van der Waals surface area contributed by atoms with Crippen molar-refractivity contribution in [3.05, 3.63) is 30.1 Å². The highest BCUT2D eigenvalue weighted by atomic mass is 32.2. The predicted molar refractivity (Wildman–Crippen MR) is 207 cm³/mol. The molecule has 4 N–H and O–H groups in total.